The molecule has 0 saturated heterocycles. The molecule has 1 aromatic heterocycles. The van der Waals surface area contributed by atoms with Crippen molar-refractivity contribution in [2.24, 2.45) is 0 Å². The minimum Gasteiger partial charge on any atom is -0.355 e. The van der Waals surface area contributed by atoms with Gasteiger partial charge in [-0.3, -0.25) is 14.4 Å². The van der Waals surface area contributed by atoms with Gasteiger partial charge in [-0.15, -0.1) is 0 Å². The lowest BCUT2D eigenvalue weighted by Gasteiger charge is -2.34. The molecule has 1 atom stereocenters. The number of rotatable bonds is 5. The van der Waals surface area contributed by atoms with Crippen LogP contribution in [-0.4, -0.2) is 45.4 Å². The van der Waals surface area contributed by atoms with Gasteiger partial charge in [0.05, 0.1) is 23.5 Å². The first-order valence-corrected chi connectivity index (χ1v) is 12.4. The molecule has 8 nitrogen and oxygen atoms in total. The summed E-state index contributed by atoms with van der Waals surface area (Å²) in [6.07, 6.45) is 0.281. The van der Waals surface area contributed by atoms with E-state index in [2.05, 4.69) is 26.6 Å². The maximum atomic E-state index is 14.5. The molecule has 4 rings (SSSR count). The molecule has 36 heavy (non-hydrogen) atoms. The largest absolute Gasteiger partial charge is 0.355 e. The van der Waals surface area contributed by atoms with E-state index >= 15 is 0 Å². The van der Waals surface area contributed by atoms with E-state index in [9.17, 15) is 18.8 Å². The van der Waals surface area contributed by atoms with Crippen molar-refractivity contribution in [3.8, 4) is 5.69 Å². The van der Waals surface area contributed by atoms with Gasteiger partial charge in [0, 0.05) is 34.7 Å². The second kappa shape index (κ2) is 10.2. The molecule has 2 amide bonds. The molecule has 0 saturated carbocycles. The van der Waals surface area contributed by atoms with Crippen molar-refractivity contribution < 1.29 is 14.0 Å². The van der Waals surface area contributed by atoms with Crippen molar-refractivity contribution >= 4 is 33.7 Å². The van der Waals surface area contributed by atoms with Crippen LogP contribution in [0, 0.1) is 5.82 Å². The second-order valence-electron chi connectivity index (χ2n) is 9.04. The number of hydrogen-bond acceptors (Lipinski definition) is 5. The van der Waals surface area contributed by atoms with Crippen molar-refractivity contribution in [3.63, 3.8) is 0 Å². The third-order valence-corrected chi connectivity index (χ3v) is 6.56. The molecule has 3 aromatic rings. The highest BCUT2D eigenvalue weighted by Gasteiger charge is 2.33. The highest BCUT2D eigenvalue weighted by molar-refractivity contribution is 9.10. The Bertz CT molecular complexity index is 1390. The Balaban J connectivity index is 1.76. The smallest absolute Gasteiger partial charge is 0.263 e. The Hall–Kier alpha value is -3.53. The molecule has 1 aliphatic rings. The summed E-state index contributed by atoms with van der Waals surface area (Å²) in [4.78, 5) is 45.1. The van der Waals surface area contributed by atoms with Crippen LogP contribution in [0.25, 0.3) is 5.69 Å². The van der Waals surface area contributed by atoms with Gasteiger partial charge in [-0.2, -0.15) is 0 Å². The predicted molar refractivity (Wildman–Crippen MR) is 139 cm³/mol. The van der Waals surface area contributed by atoms with Gasteiger partial charge in [0.2, 0.25) is 5.95 Å². The fourth-order valence-electron chi connectivity index (χ4n) is 4.25. The molecule has 0 radical (unpaired) electrons. The number of anilines is 1. The fourth-order valence-corrected chi connectivity index (χ4v) is 4.58. The van der Waals surface area contributed by atoms with Crippen molar-refractivity contribution in [3.05, 3.63) is 85.5 Å². The van der Waals surface area contributed by atoms with Crippen LogP contribution in [0.3, 0.4) is 0 Å². The van der Waals surface area contributed by atoms with Gasteiger partial charge in [0.15, 0.2) is 0 Å². The number of carbonyl (C=O) groups excluding carboxylic acids is 2. The SMILES string of the molecule is CNC(=O)c1ccc(-n2c(NC(C)C)nc3c(c2=O)C[C@@H](C)N(C(=O)c2ccc(Br)cc2F)C3)cc1. The monoisotopic (exact) mass is 555 g/mol. The van der Waals surface area contributed by atoms with E-state index in [4.69, 9.17) is 4.98 Å². The molecule has 0 bridgehead atoms. The van der Waals surface area contributed by atoms with Crippen LogP contribution >= 0.6 is 15.9 Å². The van der Waals surface area contributed by atoms with Crippen molar-refractivity contribution in [1.82, 2.24) is 19.8 Å². The summed E-state index contributed by atoms with van der Waals surface area (Å²) >= 11 is 3.21. The minimum atomic E-state index is -0.613. The summed E-state index contributed by atoms with van der Waals surface area (Å²) in [5.74, 6) is -0.956. The zero-order chi connectivity index (χ0) is 26.1. The Morgan fingerprint density at radius 1 is 1.17 bits per heavy atom. The average Bonchev–Trinajstić information content (AvgIpc) is 2.83. The lowest BCUT2D eigenvalue weighted by molar-refractivity contribution is 0.0648. The first-order chi connectivity index (χ1) is 17.1. The number of amides is 2. The van der Waals surface area contributed by atoms with Crippen molar-refractivity contribution in [2.45, 2.75) is 45.8 Å². The van der Waals surface area contributed by atoms with Gasteiger partial charge in [0.25, 0.3) is 17.4 Å². The second-order valence-corrected chi connectivity index (χ2v) is 9.95. The van der Waals surface area contributed by atoms with Gasteiger partial charge >= 0.3 is 0 Å². The normalized spacial score (nSPS) is 15.0. The highest BCUT2D eigenvalue weighted by Crippen LogP contribution is 2.26. The van der Waals surface area contributed by atoms with Crippen LogP contribution in [0.1, 0.15) is 52.7 Å². The Labute approximate surface area is 216 Å². The number of nitrogens with one attached hydrogen (secondary N) is 2. The maximum absolute atomic E-state index is 14.5. The van der Waals surface area contributed by atoms with Crippen LogP contribution in [0.15, 0.2) is 51.7 Å². The van der Waals surface area contributed by atoms with Crippen molar-refractivity contribution in [1.29, 1.82) is 0 Å². The van der Waals surface area contributed by atoms with E-state index in [-0.39, 0.29) is 42.1 Å². The number of aromatic nitrogens is 2. The van der Waals surface area contributed by atoms with Gasteiger partial charge in [-0.25, -0.2) is 13.9 Å². The summed E-state index contributed by atoms with van der Waals surface area (Å²) in [6.45, 7) is 5.78. The summed E-state index contributed by atoms with van der Waals surface area (Å²) in [6, 6.07) is 10.7. The van der Waals surface area contributed by atoms with E-state index in [1.165, 1.54) is 16.7 Å². The highest BCUT2D eigenvalue weighted by atomic mass is 79.9. The molecule has 10 heteroatoms. The first-order valence-electron chi connectivity index (χ1n) is 11.6. The van der Waals surface area contributed by atoms with Crippen LogP contribution in [0.5, 0.6) is 0 Å². The topological polar surface area (TPSA) is 96.3 Å². The molecule has 0 aliphatic carbocycles. The number of fused-ring (bicyclic) bond motifs is 1. The summed E-state index contributed by atoms with van der Waals surface area (Å²) < 4.78 is 16.5. The van der Waals surface area contributed by atoms with Gasteiger partial charge < -0.3 is 15.5 Å². The van der Waals surface area contributed by atoms with Crippen LogP contribution < -0.4 is 16.2 Å². The summed E-state index contributed by atoms with van der Waals surface area (Å²) in [5, 5.41) is 5.79. The lowest BCUT2D eigenvalue weighted by Crippen LogP contribution is -2.46. The van der Waals surface area contributed by atoms with Gasteiger partial charge in [-0.1, -0.05) is 15.9 Å². The molecular weight excluding hydrogens is 529 g/mol. The average molecular weight is 556 g/mol. The number of hydrogen-bond donors (Lipinski definition) is 2. The number of carbonyl (C=O) groups is 2. The lowest BCUT2D eigenvalue weighted by atomic mass is 9.98. The van der Waals surface area contributed by atoms with Crippen LogP contribution in [0.2, 0.25) is 0 Å². The van der Waals surface area contributed by atoms with Gasteiger partial charge in [0.1, 0.15) is 5.82 Å². The Morgan fingerprint density at radius 2 is 1.86 bits per heavy atom. The minimum absolute atomic E-state index is 0.0246. The molecule has 2 N–H and O–H groups in total. The van der Waals surface area contributed by atoms with E-state index in [0.717, 1.165) is 0 Å². The zero-order valence-electron chi connectivity index (χ0n) is 20.4. The van der Waals surface area contributed by atoms with Crippen LogP contribution in [0.4, 0.5) is 10.3 Å². The summed E-state index contributed by atoms with van der Waals surface area (Å²) in [5.41, 5.74) is 1.75. The zero-order valence-corrected chi connectivity index (χ0v) is 22.0. The molecular formula is C26H27BrFN5O3. The first kappa shape index (κ1) is 25.6. The molecule has 1 aliphatic heterocycles. The van der Waals surface area contributed by atoms with Crippen LogP contribution in [-0.2, 0) is 13.0 Å². The number of halogens is 2. The molecule has 2 heterocycles. The van der Waals surface area contributed by atoms with E-state index in [1.807, 2.05) is 20.8 Å². The Kier molecular flexibility index (Phi) is 7.26. The third-order valence-electron chi connectivity index (χ3n) is 6.07. The van der Waals surface area contributed by atoms with Gasteiger partial charge in [-0.05, 0) is 69.7 Å². The number of benzene rings is 2. The molecule has 0 fully saturated rings. The van der Waals surface area contributed by atoms with E-state index < -0.39 is 11.7 Å². The third kappa shape index (κ3) is 4.90. The predicted octanol–water partition coefficient (Wildman–Crippen LogP) is 3.90. The Morgan fingerprint density at radius 3 is 2.47 bits per heavy atom. The van der Waals surface area contributed by atoms with E-state index in [1.54, 1.807) is 42.3 Å². The maximum Gasteiger partial charge on any atom is 0.263 e. The molecule has 0 spiro atoms. The van der Waals surface area contributed by atoms with Crippen molar-refractivity contribution in [2.75, 3.05) is 12.4 Å². The fraction of sp³-hybridized carbons (Fsp3) is 0.308. The van der Waals surface area contributed by atoms with E-state index in [0.29, 0.717) is 32.9 Å². The molecule has 0 unspecified atom stereocenters. The molecule has 2 aromatic carbocycles. The summed E-state index contributed by atoms with van der Waals surface area (Å²) in [7, 11) is 1.55. The quantitative estimate of drug-likeness (QED) is 0.497. The molecule has 188 valence electrons. The standard InChI is InChI=1S/C26H27BrFN5O3/c1-14(2)30-26-31-22-13-32(24(35)19-10-7-17(27)12-21(19)28)15(3)11-20(22)25(36)33(26)18-8-5-16(6-9-18)23(34)29-4/h5-10,12,14-15H,11,13H2,1-4H3,(H,29,34)(H,30,31)/t15-/m1/s1. The number of nitrogens with zero attached hydrogens (tertiary/aromatic N) is 3.